The lowest BCUT2D eigenvalue weighted by molar-refractivity contribution is 0.0229. The van der Waals surface area contributed by atoms with Gasteiger partial charge in [0.1, 0.15) is 6.10 Å². The second-order valence-corrected chi connectivity index (χ2v) is 3.02. The average molecular weight is 212 g/mol. The lowest BCUT2D eigenvalue weighted by Crippen LogP contribution is -2.28. The number of rotatable bonds is 4. The van der Waals surface area contributed by atoms with E-state index in [0.29, 0.717) is 0 Å². The van der Waals surface area contributed by atoms with Crippen molar-refractivity contribution in [2.24, 2.45) is 5.73 Å². The summed E-state index contributed by atoms with van der Waals surface area (Å²) in [6.07, 6.45) is -0.0382. The van der Waals surface area contributed by atoms with Gasteiger partial charge in [0.25, 0.3) is 0 Å². The van der Waals surface area contributed by atoms with Crippen LogP contribution in [0.4, 0.5) is 0 Å². The van der Waals surface area contributed by atoms with E-state index < -0.39 is 18.2 Å². The van der Waals surface area contributed by atoms with E-state index in [1.54, 1.807) is 0 Å². The highest BCUT2D eigenvalue weighted by Crippen LogP contribution is 2.19. The first-order valence-electron chi connectivity index (χ1n) is 4.31. The number of carbonyl (C=O) groups is 1. The van der Waals surface area contributed by atoms with Gasteiger partial charge in [-0.1, -0.05) is 0 Å². The minimum Gasteiger partial charge on any atom is -0.478 e. The molecule has 15 heavy (non-hydrogen) atoms. The highest BCUT2D eigenvalue weighted by atomic mass is 16.4. The van der Waals surface area contributed by atoms with Crippen molar-refractivity contribution in [2.45, 2.75) is 12.2 Å². The monoisotopic (exact) mass is 212 g/mol. The Bertz CT molecular complexity index is 356. The first kappa shape index (κ1) is 11.6. The molecule has 0 aliphatic heterocycles. The summed E-state index contributed by atoms with van der Waals surface area (Å²) in [6, 6.07) is 1.25. The van der Waals surface area contributed by atoms with Gasteiger partial charge in [0.2, 0.25) is 0 Å². The van der Waals surface area contributed by atoms with E-state index in [4.69, 9.17) is 10.8 Å². The number of carboxylic acid groups (broad SMARTS) is 1. The summed E-state index contributed by atoms with van der Waals surface area (Å²) in [7, 11) is 0. The summed E-state index contributed by atoms with van der Waals surface area (Å²) < 4.78 is 0. The number of aliphatic hydroxyl groups is 2. The van der Waals surface area contributed by atoms with Crippen LogP contribution in [0.1, 0.15) is 22.0 Å². The van der Waals surface area contributed by atoms with Crippen molar-refractivity contribution >= 4 is 5.97 Å². The number of aromatic carboxylic acids is 1. The molecule has 0 amide bonds. The number of aromatic nitrogens is 1. The molecule has 0 bridgehead atoms. The standard InChI is InChI=1S/C9H12N2O4/c10-3-7(12)8(13)6-4-11-2-1-5(6)9(14)15/h1-2,4,7-8,12-13H,3,10H2,(H,14,15). The Labute approximate surface area is 86.0 Å². The van der Waals surface area contributed by atoms with Crippen molar-refractivity contribution in [3.63, 3.8) is 0 Å². The highest BCUT2D eigenvalue weighted by molar-refractivity contribution is 5.89. The molecule has 0 saturated heterocycles. The third-order valence-electron chi connectivity index (χ3n) is 2.01. The van der Waals surface area contributed by atoms with E-state index in [1.165, 1.54) is 18.5 Å². The molecule has 2 atom stereocenters. The molecule has 0 spiro atoms. The molecule has 1 aromatic rings. The molecule has 0 saturated carbocycles. The van der Waals surface area contributed by atoms with E-state index in [9.17, 15) is 15.0 Å². The van der Waals surface area contributed by atoms with Crippen LogP contribution in [0.3, 0.4) is 0 Å². The molecule has 2 unspecified atom stereocenters. The fraction of sp³-hybridized carbons (Fsp3) is 0.333. The Kier molecular flexibility index (Phi) is 3.73. The molecular formula is C9H12N2O4. The van der Waals surface area contributed by atoms with Gasteiger partial charge < -0.3 is 21.1 Å². The molecule has 0 aliphatic rings. The molecule has 82 valence electrons. The van der Waals surface area contributed by atoms with Gasteiger partial charge in [0, 0.05) is 24.5 Å². The minimum absolute atomic E-state index is 0.0583. The van der Waals surface area contributed by atoms with Crippen molar-refractivity contribution < 1.29 is 20.1 Å². The lowest BCUT2D eigenvalue weighted by atomic mass is 10.0. The van der Waals surface area contributed by atoms with Gasteiger partial charge in [-0.25, -0.2) is 4.79 Å². The second-order valence-electron chi connectivity index (χ2n) is 3.02. The van der Waals surface area contributed by atoms with E-state index in [1.807, 2.05) is 0 Å². The fourth-order valence-corrected chi connectivity index (χ4v) is 1.17. The Morgan fingerprint density at radius 2 is 2.20 bits per heavy atom. The van der Waals surface area contributed by atoms with Crippen LogP contribution in [-0.4, -0.2) is 38.9 Å². The second kappa shape index (κ2) is 4.83. The predicted octanol–water partition coefficient (Wildman–Crippen LogP) is -0.867. The molecule has 1 rings (SSSR count). The zero-order valence-corrected chi connectivity index (χ0v) is 7.87. The summed E-state index contributed by atoms with van der Waals surface area (Å²) in [4.78, 5) is 14.5. The smallest absolute Gasteiger partial charge is 0.336 e. The van der Waals surface area contributed by atoms with Crippen molar-refractivity contribution in [3.8, 4) is 0 Å². The quantitative estimate of drug-likeness (QED) is 0.515. The van der Waals surface area contributed by atoms with Gasteiger partial charge in [0.15, 0.2) is 0 Å². The first-order valence-corrected chi connectivity index (χ1v) is 4.31. The number of hydrogen-bond donors (Lipinski definition) is 4. The zero-order valence-electron chi connectivity index (χ0n) is 7.87. The SMILES string of the molecule is NCC(O)C(O)c1cnccc1C(=O)O. The van der Waals surface area contributed by atoms with Crippen LogP contribution in [-0.2, 0) is 0 Å². The number of hydrogen-bond acceptors (Lipinski definition) is 5. The maximum Gasteiger partial charge on any atom is 0.336 e. The lowest BCUT2D eigenvalue weighted by Gasteiger charge is -2.17. The normalized spacial score (nSPS) is 14.6. The van der Waals surface area contributed by atoms with Crippen molar-refractivity contribution in [2.75, 3.05) is 6.54 Å². The maximum absolute atomic E-state index is 10.8. The molecule has 5 N–H and O–H groups in total. The van der Waals surface area contributed by atoms with Crippen LogP contribution in [0, 0.1) is 0 Å². The van der Waals surface area contributed by atoms with Gasteiger partial charge >= 0.3 is 5.97 Å². The summed E-state index contributed by atoms with van der Waals surface area (Å²) in [6.45, 7) is -0.158. The third-order valence-corrected chi connectivity index (χ3v) is 2.01. The van der Waals surface area contributed by atoms with Crippen LogP contribution < -0.4 is 5.73 Å². The van der Waals surface area contributed by atoms with Gasteiger partial charge in [-0.3, -0.25) is 4.98 Å². The Balaban J connectivity index is 3.07. The molecule has 6 heteroatoms. The summed E-state index contributed by atoms with van der Waals surface area (Å²) >= 11 is 0. The largest absolute Gasteiger partial charge is 0.478 e. The number of nitrogens with zero attached hydrogens (tertiary/aromatic N) is 1. The van der Waals surface area contributed by atoms with E-state index in [-0.39, 0.29) is 17.7 Å². The average Bonchev–Trinajstić information content (AvgIpc) is 2.27. The van der Waals surface area contributed by atoms with Crippen molar-refractivity contribution in [1.82, 2.24) is 4.98 Å². The van der Waals surface area contributed by atoms with Gasteiger partial charge in [-0.05, 0) is 6.07 Å². The molecule has 0 fully saturated rings. The predicted molar refractivity (Wildman–Crippen MR) is 51.2 cm³/mol. The first-order chi connectivity index (χ1) is 7.07. The molecule has 1 heterocycles. The van der Waals surface area contributed by atoms with Crippen LogP contribution in [0.25, 0.3) is 0 Å². The minimum atomic E-state index is -1.34. The molecule has 1 aromatic heterocycles. The molecule has 0 aromatic carbocycles. The Morgan fingerprint density at radius 1 is 1.53 bits per heavy atom. The Morgan fingerprint density at radius 3 is 2.73 bits per heavy atom. The fourth-order valence-electron chi connectivity index (χ4n) is 1.17. The van der Waals surface area contributed by atoms with E-state index in [0.717, 1.165) is 0 Å². The number of pyridine rings is 1. The summed E-state index contributed by atoms with van der Waals surface area (Å²) in [5.74, 6) is -1.18. The zero-order chi connectivity index (χ0) is 11.4. The van der Waals surface area contributed by atoms with E-state index in [2.05, 4.69) is 4.98 Å². The molecule has 0 aliphatic carbocycles. The summed E-state index contributed by atoms with van der Waals surface area (Å²) in [5, 5.41) is 27.7. The number of aliphatic hydroxyl groups excluding tert-OH is 2. The van der Waals surface area contributed by atoms with Crippen LogP contribution in [0.5, 0.6) is 0 Å². The van der Waals surface area contributed by atoms with Crippen LogP contribution in [0.15, 0.2) is 18.5 Å². The van der Waals surface area contributed by atoms with Gasteiger partial charge in [-0.15, -0.1) is 0 Å². The number of nitrogens with two attached hydrogens (primary N) is 1. The van der Waals surface area contributed by atoms with Crippen LogP contribution >= 0.6 is 0 Å². The summed E-state index contributed by atoms with van der Waals surface area (Å²) in [5.41, 5.74) is 5.12. The maximum atomic E-state index is 10.8. The van der Waals surface area contributed by atoms with E-state index >= 15 is 0 Å². The van der Waals surface area contributed by atoms with Crippen molar-refractivity contribution in [1.29, 1.82) is 0 Å². The van der Waals surface area contributed by atoms with Crippen LogP contribution in [0.2, 0.25) is 0 Å². The highest BCUT2D eigenvalue weighted by Gasteiger charge is 2.22. The topological polar surface area (TPSA) is 117 Å². The van der Waals surface area contributed by atoms with Gasteiger partial charge in [0.05, 0.1) is 11.7 Å². The third kappa shape index (κ3) is 2.50. The van der Waals surface area contributed by atoms with Crippen molar-refractivity contribution in [3.05, 3.63) is 29.6 Å². The molecule has 0 radical (unpaired) electrons. The Hall–Kier alpha value is -1.50. The van der Waals surface area contributed by atoms with Gasteiger partial charge in [-0.2, -0.15) is 0 Å². The number of carboxylic acids is 1. The molecular weight excluding hydrogens is 200 g/mol. The molecule has 6 nitrogen and oxygen atoms in total.